The van der Waals surface area contributed by atoms with E-state index < -0.39 is 12.1 Å². The molecule has 3 aromatic carbocycles. The Morgan fingerprint density at radius 3 is 2.29 bits per heavy atom. The number of carbonyl (C=O) groups is 3. The fraction of sp³-hybridized carbons (Fsp3) is 0.462. The molecular formula is C39H52FN5O3. The lowest BCUT2D eigenvalue weighted by atomic mass is 9.98. The van der Waals surface area contributed by atoms with Gasteiger partial charge in [-0.25, -0.2) is 4.39 Å². The molecule has 1 fully saturated rings. The molecule has 3 atom stereocenters. The zero-order chi connectivity index (χ0) is 34.8. The summed E-state index contributed by atoms with van der Waals surface area (Å²) in [6.45, 7) is 5.63. The van der Waals surface area contributed by atoms with E-state index in [1.165, 1.54) is 28.0 Å². The van der Waals surface area contributed by atoms with Crippen LogP contribution in [-0.4, -0.2) is 97.4 Å². The first-order valence-corrected chi connectivity index (χ1v) is 17.0. The number of hydrogen-bond acceptors (Lipinski definition) is 5. The van der Waals surface area contributed by atoms with Crippen LogP contribution >= 0.6 is 0 Å². The van der Waals surface area contributed by atoms with Crippen molar-refractivity contribution >= 4 is 28.5 Å². The normalized spacial score (nSPS) is 16.6. The first-order valence-electron chi connectivity index (χ1n) is 17.0. The second-order valence-corrected chi connectivity index (χ2v) is 13.7. The SMILES string of the molecule is CNC(C)(C)C/C=C/C(=O)N(C)[C@H](Cc1ccc2ccccc2c1)C(=O)N(C)[C@H](Cc1ccc(F)cc1)C(=O)NCCC1CCCN1C. The van der Waals surface area contributed by atoms with Gasteiger partial charge in [0.1, 0.15) is 17.9 Å². The zero-order valence-electron chi connectivity index (χ0n) is 29.3. The van der Waals surface area contributed by atoms with Crippen LogP contribution < -0.4 is 10.6 Å². The predicted molar refractivity (Wildman–Crippen MR) is 191 cm³/mol. The Bertz CT molecular complexity index is 1570. The zero-order valence-corrected chi connectivity index (χ0v) is 29.3. The highest BCUT2D eigenvalue weighted by Gasteiger charge is 2.35. The topological polar surface area (TPSA) is 85.0 Å². The maximum absolute atomic E-state index is 14.5. The molecule has 1 unspecified atom stereocenters. The lowest BCUT2D eigenvalue weighted by molar-refractivity contribution is -0.146. The monoisotopic (exact) mass is 657 g/mol. The Balaban J connectivity index is 1.60. The average molecular weight is 658 g/mol. The first-order chi connectivity index (χ1) is 22.9. The number of fused-ring (bicyclic) bond motifs is 1. The van der Waals surface area contributed by atoms with Gasteiger partial charge in [0, 0.05) is 45.1 Å². The Kier molecular flexibility index (Phi) is 12.9. The van der Waals surface area contributed by atoms with Gasteiger partial charge < -0.3 is 25.3 Å². The third-order valence-electron chi connectivity index (χ3n) is 9.82. The summed E-state index contributed by atoms with van der Waals surface area (Å²) in [4.78, 5) is 47.1. The van der Waals surface area contributed by atoms with Gasteiger partial charge in [0.15, 0.2) is 0 Å². The van der Waals surface area contributed by atoms with Crippen molar-refractivity contribution in [3.8, 4) is 0 Å². The Labute approximate surface area is 285 Å². The van der Waals surface area contributed by atoms with Gasteiger partial charge in [-0.3, -0.25) is 14.4 Å². The Morgan fingerprint density at radius 2 is 1.62 bits per heavy atom. The molecule has 3 aromatic rings. The van der Waals surface area contributed by atoms with E-state index in [2.05, 4.69) is 22.6 Å². The highest BCUT2D eigenvalue weighted by atomic mass is 19.1. The van der Waals surface area contributed by atoms with Crippen LogP contribution in [0, 0.1) is 5.82 Å². The summed E-state index contributed by atoms with van der Waals surface area (Å²) in [6, 6.07) is 18.7. The molecule has 0 bridgehead atoms. The number of benzene rings is 3. The molecule has 4 rings (SSSR count). The molecule has 258 valence electrons. The van der Waals surface area contributed by atoms with Crippen LogP contribution in [0.4, 0.5) is 4.39 Å². The van der Waals surface area contributed by atoms with Crippen LogP contribution in [0.25, 0.3) is 10.8 Å². The number of carbonyl (C=O) groups excluding carboxylic acids is 3. The standard InChI is InChI=1S/C39H52FN5O3/c1-39(2,41-3)22-9-14-36(46)44(5)35(27-29-15-18-30-11-7-8-12-31(30)25-29)38(48)45(6)34(26-28-16-19-32(40)20-17-28)37(47)42-23-21-33-13-10-24-43(33)4/h7-9,11-12,14-20,25,33-35,41H,10,13,21-24,26-27H2,1-6H3,(H,42,47)/b14-9+/t33?,34-,35-/m1/s1. The van der Waals surface area contributed by atoms with Crippen molar-refractivity contribution in [1.82, 2.24) is 25.3 Å². The van der Waals surface area contributed by atoms with E-state index in [0.717, 1.165) is 47.7 Å². The third kappa shape index (κ3) is 9.97. The van der Waals surface area contributed by atoms with Crippen molar-refractivity contribution in [3.05, 3.63) is 95.8 Å². The quantitative estimate of drug-likeness (QED) is 0.226. The van der Waals surface area contributed by atoms with Gasteiger partial charge in [-0.2, -0.15) is 0 Å². The van der Waals surface area contributed by atoms with Crippen LogP contribution in [0.5, 0.6) is 0 Å². The molecule has 9 heteroatoms. The van der Waals surface area contributed by atoms with Crippen molar-refractivity contribution in [2.75, 3.05) is 41.3 Å². The lowest BCUT2D eigenvalue weighted by Gasteiger charge is -2.34. The van der Waals surface area contributed by atoms with E-state index in [4.69, 9.17) is 0 Å². The Morgan fingerprint density at radius 1 is 0.958 bits per heavy atom. The molecule has 48 heavy (non-hydrogen) atoms. The van der Waals surface area contributed by atoms with Gasteiger partial charge in [-0.05, 0) is 100 Å². The fourth-order valence-corrected chi connectivity index (χ4v) is 6.27. The maximum atomic E-state index is 14.5. The summed E-state index contributed by atoms with van der Waals surface area (Å²) in [5.41, 5.74) is 1.45. The van der Waals surface area contributed by atoms with E-state index in [0.29, 0.717) is 19.0 Å². The van der Waals surface area contributed by atoms with Gasteiger partial charge >= 0.3 is 0 Å². The number of nitrogens with zero attached hydrogens (tertiary/aromatic N) is 3. The van der Waals surface area contributed by atoms with E-state index in [9.17, 15) is 18.8 Å². The number of amides is 3. The van der Waals surface area contributed by atoms with Crippen molar-refractivity contribution < 1.29 is 18.8 Å². The van der Waals surface area contributed by atoms with Gasteiger partial charge in [-0.15, -0.1) is 0 Å². The summed E-state index contributed by atoms with van der Waals surface area (Å²) in [5, 5.41) is 8.43. The highest BCUT2D eigenvalue weighted by molar-refractivity contribution is 5.95. The third-order valence-corrected chi connectivity index (χ3v) is 9.82. The summed E-state index contributed by atoms with van der Waals surface area (Å²) >= 11 is 0. The molecule has 2 N–H and O–H groups in total. The molecule has 0 aliphatic carbocycles. The molecule has 1 aliphatic heterocycles. The van der Waals surface area contributed by atoms with E-state index >= 15 is 0 Å². The van der Waals surface area contributed by atoms with E-state index in [1.807, 2.05) is 69.4 Å². The molecule has 3 amide bonds. The van der Waals surface area contributed by atoms with Gasteiger partial charge in [0.2, 0.25) is 17.7 Å². The minimum Gasteiger partial charge on any atom is -0.354 e. The van der Waals surface area contributed by atoms with Gasteiger partial charge in [0.25, 0.3) is 0 Å². The summed E-state index contributed by atoms with van der Waals surface area (Å²) in [6.07, 6.45) is 7.51. The number of halogens is 1. The molecule has 1 saturated heterocycles. The second-order valence-electron chi connectivity index (χ2n) is 13.7. The van der Waals surface area contributed by atoms with Crippen molar-refractivity contribution in [2.45, 2.75) is 76.0 Å². The molecular weight excluding hydrogens is 605 g/mol. The van der Waals surface area contributed by atoms with Crippen LogP contribution in [-0.2, 0) is 27.2 Å². The summed E-state index contributed by atoms with van der Waals surface area (Å²) in [7, 11) is 7.24. The lowest BCUT2D eigenvalue weighted by Crippen LogP contribution is -2.56. The molecule has 1 heterocycles. The number of likely N-dealkylation sites (tertiary alicyclic amines) is 1. The summed E-state index contributed by atoms with van der Waals surface area (Å²) < 4.78 is 13.8. The van der Waals surface area contributed by atoms with Crippen LogP contribution in [0.3, 0.4) is 0 Å². The molecule has 0 spiro atoms. The predicted octanol–water partition coefficient (Wildman–Crippen LogP) is 4.96. The van der Waals surface area contributed by atoms with Crippen molar-refractivity contribution in [2.24, 2.45) is 0 Å². The minimum atomic E-state index is -0.874. The molecule has 0 saturated carbocycles. The molecule has 0 radical (unpaired) electrons. The molecule has 1 aliphatic rings. The highest BCUT2D eigenvalue weighted by Crippen LogP contribution is 2.21. The van der Waals surface area contributed by atoms with Crippen LogP contribution in [0.2, 0.25) is 0 Å². The smallest absolute Gasteiger partial charge is 0.246 e. The minimum absolute atomic E-state index is 0.190. The van der Waals surface area contributed by atoms with Crippen LogP contribution in [0.15, 0.2) is 78.9 Å². The molecule has 0 aromatic heterocycles. The van der Waals surface area contributed by atoms with Gasteiger partial charge in [-0.1, -0.05) is 60.7 Å². The number of nitrogens with one attached hydrogen (secondary N) is 2. The second kappa shape index (κ2) is 16.8. The van der Waals surface area contributed by atoms with Crippen molar-refractivity contribution in [3.63, 3.8) is 0 Å². The number of likely N-dealkylation sites (N-methyl/N-ethyl adjacent to an activating group) is 2. The largest absolute Gasteiger partial charge is 0.354 e. The van der Waals surface area contributed by atoms with Crippen LogP contribution in [0.1, 0.15) is 50.7 Å². The number of hydrogen-bond donors (Lipinski definition) is 2. The first kappa shape index (κ1) is 36.8. The number of rotatable bonds is 15. The van der Waals surface area contributed by atoms with Gasteiger partial charge in [0.05, 0.1) is 0 Å². The van der Waals surface area contributed by atoms with Crippen molar-refractivity contribution in [1.29, 1.82) is 0 Å². The summed E-state index contributed by atoms with van der Waals surface area (Å²) in [5.74, 6) is -1.29. The van der Waals surface area contributed by atoms with E-state index in [1.54, 1.807) is 26.2 Å². The maximum Gasteiger partial charge on any atom is 0.246 e. The molecule has 8 nitrogen and oxygen atoms in total. The fourth-order valence-electron chi connectivity index (χ4n) is 6.27. The van der Waals surface area contributed by atoms with E-state index in [-0.39, 0.29) is 41.9 Å². The Hall–Kier alpha value is -4.08. The average Bonchev–Trinajstić information content (AvgIpc) is 3.49.